The lowest BCUT2D eigenvalue weighted by Gasteiger charge is -2.35. The molecule has 34 heavy (non-hydrogen) atoms. The first-order chi connectivity index (χ1) is 16.2. The number of unbranched alkanes of at least 4 members (excludes halogenated alkanes) is 2. The number of hydrogen-bond donors (Lipinski definition) is 0. The van der Waals surface area contributed by atoms with Crippen LogP contribution in [0, 0.1) is 0 Å². The molecule has 0 N–H and O–H groups in total. The topological polar surface area (TPSA) is 130 Å². The zero-order chi connectivity index (χ0) is 25.2. The second-order valence-electron chi connectivity index (χ2n) is 6.79. The normalized spacial score (nSPS) is 35.3. The molecular weight excluding hydrogens is 583 g/mol. The first kappa shape index (κ1) is 28.9. The lowest BCUT2D eigenvalue weighted by Crippen LogP contribution is -2.44. The van der Waals surface area contributed by atoms with Gasteiger partial charge < -0.3 is 28.5 Å². The number of halogens is 6. The van der Waals surface area contributed by atoms with Crippen molar-refractivity contribution in [2.75, 3.05) is 0 Å². The summed E-state index contributed by atoms with van der Waals surface area (Å²) >= 11 is 36.5. The first-order valence-electron chi connectivity index (χ1n) is 9.97. The summed E-state index contributed by atoms with van der Waals surface area (Å²) in [4.78, 5) is 0. The predicted octanol–water partition coefficient (Wildman–Crippen LogP) is 5.91. The number of hydrogen-bond acceptors (Lipinski definition) is 12. The molecule has 20 heteroatoms. The molecule has 3 rings (SSSR count). The van der Waals surface area contributed by atoms with Crippen LogP contribution in [0.25, 0.3) is 0 Å². The van der Waals surface area contributed by atoms with E-state index < -0.39 is 44.5 Å². The summed E-state index contributed by atoms with van der Waals surface area (Å²) in [6.07, 6.45) is 2.48. The molecule has 3 heterocycles. The highest BCUT2D eigenvalue weighted by Crippen LogP contribution is 2.25. The van der Waals surface area contributed by atoms with Crippen LogP contribution >= 0.6 is 69.6 Å². The van der Waals surface area contributed by atoms with Crippen molar-refractivity contribution in [3.05, 3.63) is 0 Å². The quantitative estimate of drug-likeness (QED) is 0.349. The van der Waals surface area contributed by atoms with Gasteiger partial charge in [0.2, 0.25) is 31.0 Å². The van der Waals surface area contributed by atoms with Gasteiger partial charge in [-0.05, 0) is 0 Å². The van der Waals surface area contributed by atoms with Crippen molar-refractivity contribution >= 4 is 114 Å². The van der Waals surface area contributed by atoms with Crippen molar-refractivity contribution in [2.45, 2.75) is 52.2 Å². The fourth-order valence-corrected chi connectivity index (χ4v) is 2.77. The van der Waals surface area contributed by atoms with E-state index in [-0.39, 0.29) is 12.6 Å². The minimum absolute atomic E-state index is 0.0521. The van der Waals surface area contributed by atoms with Crippen molar-refractivity contribution < 1.29 is 28.5 Å². The molecular formula is C14H18B2Cl6N6O6-2. The third-order valence-electron chi connectivity index (χ3n) is 4.09. The maximum absolute atomic E-state index is 6.08. The second kappa shape index (κ2) is 13.7. The Morgan fingerprint density at radius 3 is 0.853 bits per heavy atom. The molecule has 0 fully saturated rings. The molecule has 0 spiro atoms. The molecule has 2 bridgehead atoms. The van der Waals surface area contributed by atoms with Crippen molar-refractivity contribution in [1.82, 2.24) is 0 Å². The van der Waals surface area contributed by atoms with E-state index in [4.69, 9.17) is 98.1 Å². The van der Waals surface area contributed by atoms with Crippen LogP contribution < -0.4 is 0 Å². The van der Waals surface area contributed by atoms with E-state index in [9.17, 15) is 0 Å². The van der Waals surface area contributed by atoms with Gasteiger partial charge >= 0.3 is 13.5 Å². The first-order valence-corrected chi connectivity index (χ1v) is 12.2. The van der Waals surface area contributed by atoms with Gasteiger partial charge in [0, 0.05) is 0 Å². The third kappa shape index (κ3) is 8.42. The molecule has 0 aromatic heterocycles. The molecule has 0 radical (unpaired) electrons. The highest BCUT2D eigenvalue weighted by molar-refractivity contribution is 7.01. The van der Waals surface area contributed by atoms with Crippen LogP contribution in [0.5, 0.6) is 0 Å². The van der Waals surface area contributed by atoms with E-state index in [0.717, 1.165) is 0 Å². The Hall–Kier alpha value is -1.31. The highest BCUT2D eigenvalue weighted by Gasteiger charge is 2.40. The molecule has 0 saturated heterocycles. The van der Waals surface area contributed by atoms with E-state index >= 15 is 0 Å². The summed E-state index contributed by atoms with van der Waals surface area (Å²) in [5.41, 5.74) is 0. The van der Waals surface area contributed by atoms with Crippen LogP contribution in [0.1, 0.15) is 39.5 Å². The van der Waals surface area contributed by atoms with Crippen LogP contribution in [0.15, 0.2) is 30.9 Å². The van der Waals surface area contributed by atoms with Gasteiger partial charge in [-0.2, -0.15) is 0 Å². The van der Waals surface area contributed by atoms with Crippen LogP contribution in [-0.4, -0.2) is 44.5 Å². The van der Waals surface area contributed by atoms with Gasteiger partial charge in [-0.25, -0.2) is 0 Å². The van der Waals surface area contributed by atoms with Crippen molar-refractivity contribution in [2.24, 2.45) is 30.9 Å². The van der Waals surface area contributed by atoms with Crippen LogP contribution in [0.2, 0.25) is 12.6 Å². The highest BCUT2D eigenvalue weighted by atomic mass is 35.5. The second-order valence-corrected chi connectivity index (χ2v) is 8.93. The smallest absolute Gasteiger partial charge is 0.539 e. The molecule has 3 aliphatic heterocycles. The Balaban J connectivity index is 2.73. The molecule has 12 nitrogen and oxygen atoms in total. The van der Waals surface area contributed by atoms with Gasteiger partial charge in [-0.3, -0.25) is 0 Å². The number of fused-ring (bicyclic) bond motifs is 9. The minimum atomic E-state index is -2.97. The zero-order valence-corrected chi connectivity index (χ0v) is 22.3. The van der Waals surface area contributed by atoms with Gasteiger partial charge in [0.25, 0.3) is 0 Å². The largest absolute Gasteiger partial charge is 0.609 e. The van der Waals surface area contributed by atoms with E-state index in [2.05, 4.69) is 30.9 Å². The Labute approximate surface area is 225 Å². The van der Waals surface area contributed by atoms with Crippen LogP contribution in [0.3, 0.4) is 0 Å². The molecule has 0 saturated carbocycles. The summed E-state index contributed by atoms with van der Waals surface area (Å²) in [6.45, 7) is -2.15. The van der Waals surface area contributed by atoms with E-state index in [0.29, 0.717) is 25.7 Å². The van der Waals surface area contributed by atoms with Crippen molar-refractivity contribution in [3.8, 4) is 0 Å². The lowest BCUT2D eigenvalue weighted by atomic mass is 9.73. The number of rotatable bonds is 6. The fourth-order valence-electron chi connectivity index (χ4n) is 2.33. The Morgan fingerprint density at radius 1 is 0.471 bits per heavy atom. The summed E-state index contributed by atoms with van der Waals surface area (Å²) in [6, 6.07) is 0. The molecule has 0 unspecified atom stereocenters. The van der Waals surface area contributed by atoms with Gasteiger partial charge in [0.05, 0.1) is 0 Å². The van der Waals surface area contributed by atoms with E-state index in [1.807, 2.05) is 13.8 Å². The predicted molar refractivity (Wildman–Crippen MR) is 137 cm³/mol. The van der Waals surface area contributed by atoms with E-state index in [1.165, 1.54) is 0 Å². The third-order valence-corrected chi connectivity index (χ3v) is 5.87. The fraction of sp³-hybridized carbons (Fsp3) is 0.571. The Kier molecular flexibility index (Phi) is 11.6. The average Bonchev–Trinajstić information content (AvgIpc) is 2.84. The maximum Gasteiger partial charge on any atom is 0.609 e. The Bertz CT molecular complexity index is 747. The van der Waals surface area contributed by atoms with Gasteiger partial charge in [0.15, 0.2) is 0 Å². The SMILES string of the molecule is CCCC[B-]12O/N=C(Cl)/C(Cl)=N\O[B-](CCCC)(O/N=C(Cl)/C(Cl)=N\O1)O/N=C(Cl)\C(Cl)=N\O2. The minimum Gasteiger partial charge on any atom is -0.539 e. The van der Waals surface area contributed by atoms with Gasteiger partial charge in [-0.15, -0.1) is 30.9 Å². The summed E-state index contributed by atoms with van der Waals surface area (Å²) < 4.78 is 32.4. The van der Waals surface area contributed by atoms with Crippen LogP contribution in [-0.2, 0) is 28.5 Å². The van der Waals surface area contributed by atoms with Crippen LogP contribution in [0.4, 0.5) is 0 Å². The van der Waals surface area contributed by atoms with Crippen molar-refractivity contribution in [1.29, 1.82) is 0 Å². The Morgan fingerprint density at radius 2 is 0.676 bits per heavy atom. The standard InChI is InChI=1S/C14H18B2Cl6N6O6/c1-3-5-7-15-29-23-9(17)12(20)26-32-16(8-6-4-2,33-27-13(21)10(18)24-30-15)34-28-14(22)11(19)25-31-15/h3-8H2,1-2H3/q-2/b23-9-,24-10-,25-11+,26-12+,27-13+,28-14-. The van der Waals surface area contributed by atoms with Gasteiger partial charge in [-0.1, -0.05) is 122 Å². The molecule has 0 aromatic rings. The molecule has 3 aliphatic rings. The number of oxime groups is 6. The summed E-state index contributed by atoms with van der Waals surface area (Å²) in [5.74, 6) is 0. The molecule has 190 valence electrons. The zero-order valence-electron chi connectivity index (χ0n) is 17.8. The lowest BCUT2D eigenvalue weighted by molar-refractivity contribution is 0.0631. The monoisotopic (exact) mass is 598 g/mol. The number of nitrogens with zero attached hydrogens (tertiary/aromatic N) is 6. The van der Waals surface area contributed by atoms with Crippen molar-refractivity contribution in [3.63, 3.8) is 0 Å². The molecule has 0 atom stereocenters. The molecule has 0 aliphatic carbocycles. The molecule has 0 amide bonds. The summed E-state index contributed by atoms with van der Waals surface area (Å²) in [5, 5.41) is 19.4. The maximum atomic E-state index is 6.08. The van der Waals surface area contributed by atoms with E-state index in [1.54, 1.807) is 0 Å². The summed E-state index contributed by atoms with van der Waals surface area (Å²) in [7, 11) is 0. The van der Waals surface area contributed by atoms with Gasteiger partial charge in [0.1, 0.15) is 0 Å². The average molecular weight is 601 g/mol. The molecule has 0 aromatic carbocycles.